The predicted octanol–water partition coefficient (Wildman–Crippen LogP) is 3.47. The predicted molar refractivity (Wildman–Crippen MR) is 67.1 cm³/mol. The first-order valence-corrected chi connectivity index (χ1v) is 6.34. The molecule has 0 aromatic carbocycles. The molecule has 0 spiro atoms. The fraction of sp³-hybridized carbons (Fsp3) is 0.583. The van der Waals surface area contributed by atoms with Crippen LogP contribution in [-0.2, 0) is 0 Å². The van der Waals surface area contributed by atoms with Crippen LogP contribution in [0, 0.1) is 5.92 Å². The van der Waals surface area contributed by atoms with Gasteiger partial charge in [0.2, 0.25) is 0 Å². The highest BCUT2D eigenvalue weighted by Crippen LogP contribution is 2.26. The lowest BCUT2D eigenvalue weighted by molar-refractivity contribution is 0.376. The highest BCUT2D eigenvalue weighted by atomic mass is 79.9. The summed E-state index contributed by atoms with van der Waals surface area (Å²) < 4.78 is 1.05. The SMILES string of the molecule is CC1CCN(c2ccc(Br)cn2)C(C)C1. The lowest BCUT2D eigenvalue weighted by atomic mass is 9.93. The molecule has 1 aromatic heterocycles. The number of rotatable bonds is 1. The van der Waals surface area contributed by atoms with E-state index >= 15 is 0 Å². The number of aromatic nitrogens is 1. The second kappa shape index (κ2) is 4.52. The van der Waals surface area contributed by atoms with E-state index in [2.05, 4.69) is 51.8 Å². The van der Waals surface area contributed by atoms with Gasteiger partial charge in [0.15, 0.2) is 0 Å². The Hall–Kier alpha value is -0.570. The average Bonchev–Trinajstić information content (AvgIpc) is 2.20. The smallest absolute Gasteiger partial charge is 0.128 e. The van der Waals surface area contributed by atoms with Crippen molar-refractivity contribution >= 4 is 21.7 Å². The first-order chi connectivity index (χ1) is 7.16. The zero-order chi connectivity index (χ0) is 10.8. The third kappa shape index (κ3) is 2.51. The summed E-state index contributed by atoms with van der Waals surface area (Å²) in [5.41, 5.74) is 0. The van der Waals surface area contributed by atoms with Crippen molar-refractivity contribution in [3.05, 3.63) is 22.8 Å². The number of hydrogen-bond acceptors (Lipinski definition) is 2. The van der Waals surface area contributed by atoms with Crippen LogP contribution in [0.2, 0.25) is 0 Å². The van der Waals surface area contributed by atoms with Crippen molar-refractivity contribution < 1.29 is 0 Å². The fourth-order valence-corrected chi connectivity index (χ4v) is 2.52. The topological polar surface area (TPSA) is 16.1 Å². The maximum absolute atomic E-state index is 4.46. The number of pyridine rings is 1. The standard InChI is InChI=1S/C12H17BrN2/c1-9-5-6-15(10(2)7-9)12-4-3-11(13)8-14-12/h3-4,8-10H,5-7H2,1-2H3. The van der Waals surface area contributed by atoms with Crippen molar-refractivity contribution in [2.45, 2.75) is 32.7 Å². The van der Waals surface area contributed by atoms with Gasteiger partial charge in [-0.1, -0.05) is 6.92 Å². The van der Waals surface area contributed by atoms with E-state index in [1.54, 1.807) is 0 Å². The monoisotopic (exact) mass is 268 g/mol. The Morgan fingerprint density at radius 2 is 2.20 bits per heavy atom. The number of hydrogen-bond donors (Lipinski definition) is 0. The van der Waals surface area contributed by atoms with Crippen LogP contribution in [0.5, 0.6) is 0 Å². The van der Waals surface area contributed by atoms with Crippen molar-refractivity contribution in [3.8, 4) is 0 Å². The molecule has 3 heteroatoms. The molecule has 0 radical (unpaired) electrons. The van der Waals surface area contributed by atoms with Gasteiger partial charge in [-0.05, 0) is 53.7 Å². The highest BCUT2D eigenvalue weighted by Gasteiger charge is 2.23. The van der Waals surface area contributed by atoms with Crippen molar-refractivity contribution in [2.24, 2.45) is 5.92 Å². The maximum Gasteiger partial charge on any atom is 0.128 e. The second-order valence-corrected chi connectivity index (χ2v) is 5.42. The van der Waals surface area contributed by atoms with E-state index < -0.39 is 0 Å². The zero-order valence-corrected chi connectivity index (χ0v) is 10.9. The summed E-state index contributed by atoms with van der Waals surface area (Å²) >= 11 is 3.41. The van der Waals surface area contributed by atoms with E-state index in [-0.39, 0.29) is 0 Å². The minimum atomic E-state index is 0.613. The van der Waals surface area contributed by atoms with Gasteiger partial charge in [0.25, 0.3) is 0 Å². The zero-order valence-electron chi connectivity index (χ0n) is 9.28. The Morgan fingerprint density at radius 3 is 2.80 bits per heavy atom. The molecule has 1 aliphatic heterocycles. The van der Waals surface area contributed by atoms with Crippen LogP contribution in [0.4, 0.5) is 5.82 Å². The maximum atomic E-state index is 4.46. The van der Waals surface area contributed by atoms with E-state index in [1.165, 1.54) is 12.8 Å². The molecule has 82 valence electrons. The van der Waals surface area contributed by atoms with Crippen LogP contribution in [0.3, 0.4) is 0 Å². The van der Waals surface area contributed by atoms with Crippen LogP contribution in [0.15, 0.2) is 22.8 Å². The highest BCUT2D eigenvalue weighted by molar-refractivity contribution is 9.10. The molecule has 2 unspecified atom stereocenters. The van der Waals surface area contributed by atoms with E-state index in [0.29, 0.717) is 6.04 Å². The van der Waals surface area contributed by atoms with Gasteiger partial charge < -0.3 is 4.90 Å². The minimum Gasteiger partial charge on any atom is -0.354 e. The molecule has 1 fully saturated rings. The molecule has 2 heterocycles. The Kier molecular flexibility index (Phi) is 3.29. The summed E-state index contributed by atoms with van der Waals surface area (Å²) in [5, 5.41) is 0. The summed E-state index contributed by atoms with van der Waals surface area (Å²) in [5.74, 6) is 1.96. The fourth-order valence-electron chi connectivity index (χ4n) is 2.29. The van der Waals surface area contributed by atoms with Gasteiger partial charge in [0, 0.05) is 23.3 Å². The Morgan fingerprint density at radius 1 is 1.40 bits per heavy atom. The summed E-state index contributed by atoms with van der Waals surface area (Å²) in [6, 6.07) is 4.77. The van der Waals surface area contributed by atoms with Gasteiger partial charge in [-0.3, -0.25) is 0 Å². The van der Waals surface area contributed by atoms with Gasteiger partial charge in [-0.25, -0.2) is 4.98 Å². The van der Waals surface area contributed by atoms with Crippen molar-refractivity contribution in [3.63, 3.8) is 0 Å². The van der Waals surface area contributed by atoms with E-state index in [0.717, 1.165) is 22.8 Å². The number of anilines is 1. The molecular weight excluding hydrogens is 252 g/mol. The minimum absolute atomic E-state index is 0.613. The summed E-state index contributed by atoms with van der Waals surface area (Å²) in [6.07, 6.45) is 4.43. The first-order valence-electron chi connectivity index (χ1n) is 5.55. The first kappa shape index (κ1) is 10.9. The molecule has 0 amide bonds. The van der Waals surface area contributed by atoms with Crippen LogP contribution in [0.25, 0.3) is 0 Å². The molecule has 0 saturated carbocycles. The lowest BCUT2D eigenvalue weighted by Crippen LogP contribution is -2.40. The lowest BCUT2D eigenvalue weighted by Gasteiger charge is -2.37. The van der Waals surface area contributed by atoms with E-state index in [9.17, 15) is 0 Å². The number of piperidine rings is 1. The molecule has 1 aliphatic rings. The van der Waals surface area contributed by atoms with Gasteiger partial charge in [-0.2, -0.15) is 0 Å². The van der Waals surface area contributed by atoms with Gasteiger partial charge in [0.05, 0.1) is 0 Å². The molecule has 2 atom stereocenters. The molecule has 1 aromatic rings. The molecule has 0 aliphatic carbocycles. The largest absolute Gasteiger partial charge is 0.354 e. The van der Waals surface area contributed by atoms with Crippen molar-refractivity contribution in [2.75, 3.05) is 11.4 Å². The summed E-state index contributed by atoms with van der Waals surface area (Å²) in [7, 11) is 0. The Bertz CT molecular complexity index is 323. The van der Waals surface area contributed by atoms with Crippen LogP contribution in [-0.4, -0.2) is 17.6 Å². The third-order valence-corrected chi connectivity index (χ3v) is 3.61. The molecule has 0 bridgehead atoms. The molecule has 15 heavy (non-hydrogen) atoms. The summed E-state index contributed by atoms with van der Waals surface area (Å²) in [4.78, 5) is 6.87. The molecule has 2 nitrogen and oxygen atoms in total. The second-order valence-electron chi connectivity index (χ2n) is 4.51. The molecule has 1 saturated heterocycles. The van der Waals surface area contributed by atoms with Crippen molar-refractivity contribution in [1.82, 2.24) is 4.98 Å². The van der Waals surface area contributed by atoms with Crippen molar-refractivity contribution in [1.29, 1.82) is 0 Å². The molecule has 2 rings (SSSR count). The van der Waals surface area contributed by atoms with Gasteiger partial charge in [0.1, 0.15) is 5.82 Å². The average molecular weight is 269 g/mol. The van der Waals surface area contributed by atoms with Crippen LogP contribution in [0.1, 0.15) is 26.7 Å². The third-order valence-electron chi connectivity index (χ3n) is 3.14. The Balaban J connectivity index is 2.13. The summed E-state index contributed by atoms with van der Waals surface area (Å²) in [6.45, 7) is 5.76. The van der Waals surface area contributed by atoms with E-state index in [4.69, 9.17) is 0 Å². The molecular formula is C12H17BrN2. The normalized spacial score (nSPS) is 26.7. The van der Waals surface area contributed by atoms with E-state index in [1.807, 2.05) is 6.20 Å². The van der Waals surface area contributed by atoms with Crippen LogP contribution >= 0.6 is 15.9 Å². The number of nitrogens with zero attached hydrogens (tertiary/aromatic N) is 2. The quantitative estimate of drug-likeness (QED) is 0.776. The molecule has 0 N–H and O–H groups in total. The van der Waals surface area contributed by atoms with Crippen LogP contribution < -0.4 is 4.90 Å². The van der Waals surface area contributed by atoms with Gasteiger partial charge in [-0.15, -0.1) is 0 Å². The Labute approximate surface area is 99.8 Å². The van der Waals surface area contributed by atoms with Gasteiger partial charge >= 0.3 is 0 Å². The number of halogens is 1.